The van der Waals surface area contributed by atoms with Crippen LogP contribution in [0.1, 0.15) is 34.6 Å². The second kappa shape index (κ2) is 10.8. The highest BCUT2D eigenvalue weighted by molar-refractivity contribution is 5.96. The summed E-state index contributed by atoms with van der Waals surface area (Å²) in [6, 6.07) is 11.1. The van der Waals surface area contributed by atoms with Crippen molar-refractivity contribution in [1.29, 1.82) is 0 Å². The number of nitrogens with one attached hydrogen (secondary N) is 1. The fourth-order valence-electron chi connectivity index (χ4n) is 4.33. The van der Waals surface area contributed by atoms with Crippen molar-refractivity contribution in [3.63, 3.8) is 0 Å². The maximum absolute atomic E-state index is 13.8. The van der Waals surface area contributed by atoms with Crippen LogP contribution in [0.4, 0.5) is 4.39 Å². The number of benzene rings is 2. The Morgan fingerprint density at radius 1 is 1.17 bits per heavy atom. The van der Waals surface area contributed by atoms with Crippen LogP contribution >= 0.6 is 0 Å². The van der Waals surface area contributed by atoms with Crippen molar-refractivity contribution in [3.05, 3.63) is 77.5 Å². The zero-order chi connectivity index (χ0) is 25.8. The van der Waals surface area contributed by atoms with Crippen LogP contribution in [0.3, 0.4) is 0 Å². The number of aliphatic hydroxyl groups is 1. The van der Waals surface area contributed by atoms with Crippen LogP contribution < -0.4 is 4.74 Å². The van der Waals surface area contributed by atoms with Gasteiger partial charge in [-0.15, -0.1) is 0 Å². The lowest BCUT2D eigenvalue weighted by atomic mass is 10.00. The molecule has 0 radical (unpaired) electrons. The predicted octanol–water partition coefficient (Wildman–Crippen LogP) is 4.03. The number of aliphatic hydroxyl groups excluding tert-OH is 1. The summed E-state index contributed by atoms with van der Waals surface area (Å²) in [6.45, 7) is 2.60. The summed E-state index contributed by atoms with van der Waals surface area (Å²) in [4.78, 5) is 21.8. The van der Waals surface area contributed by atoms with Crippen LogP contribution in [-0.4, -0.2) is 70.3 Å². The first-order valence-electron chi connectivity index (χ1n) is 11.7. The van der Waals surface area contributed by atoms with E-state index in [4.69, 9.17) is 4.74 Å². The summed E-state index contributed by atoms with van der Waals surface area (Å²) >= 11 is 0. The second-order valence-electron chi connectivity index (χ2n) is 8.83. The van der Waals surface area contributed by atoms with E-state index in [1.54, 1.807) is 54.7 Å². The summed E-state index contributed by atoms with van der Waals surface area (Å²) in [6.07, 6.45) is 3.31. The van der Waals surface area contributed by atoms with Crippen LogP contribution in [0.5, 0.6) is 5.75 Å². The first-order chi connectivity index (χ1) is 17.3. The number of carbonyl (C=O) groups is 1. The lowest BCUT2D eigenvalue weighted by molar-refractivity contribution is 0.0705. The normalized spacial score (nSPS) is 12.2. The van der Waals surface area contributed by atoms with Gasteiger partial charge in [-0.05, 0) is 56.9 Å². The van der Waals surface area contributed by atoms with Crippen molar-refractivity contribution in [2.45, 2.75) is 19.6 Å². The lowest BCUT2D eigenvalue weighted by Gasteiger charge is -2.31. The maximum Gasteiger partial charge on any atom is 0.254 e. The Hall–Kier alpha value is -3.82. The van der Waals surface area contributed by atoms with Crippen LogP contribution in [0.25, 0.3) is 22.0 Å². The van der Waals surface area contributed by atoms with Gasteiger partial charge >= 0.3 is 0 Å². The van der Waals surface area contributed by atoms with Crippen LogP contribution in [0, 0.1) is 5.82 Å². The SMILES string of the molecule is CCOc1cc(C(=O)N(C)[C@H](CN(C)C)c2cnc(CO)c3cn[nH]c23)ccc1-c1cccc(F)c1. The van der Waals surface area contributed by atoms with E-state index in [0.29, 0.717) is 41.3 Å². The van der Waals surface area contributed by atoms with Gasteiger partial charge in [-0.2, -0.15) is 5.10 Å². The fourth-order valence-corrected chi connectivity index (χ4v) is 4.33. The van der Waals surface area contributed by atoms with E-state index < -0.39 is 0 Å². The Labute approximate surface area is 209 Å². The van der Waals surface area contributed by atoms with Crippen molar-refractivity contribution in [1.82, 2.24) is 25.0 Å². The van der Waals surface area contributed by atoms with E-state index in [2.05, 4.69) is 15.2 Å². The number of aromatic amines is 1. The molecule has 0 bridgehead atoms. The fraction of sp³-hybridized carbons (Fsp3) is 0.296. The van der Waals surface area contributed by atoms with E-state index in [-0.39, 0.29) is 24.4 Å². The molecule has 0 aliphatic heterocycles. The highest BCUT2D eigenvalue weighted by Crippen LogP contribution is 2.33. The maximum atomic E-state index is 13.8. The van der Waals surface area contributed by atoms with Gasteiger partial charge in [-0.1, -0.05) is 12.1 Å². The van der Waals surface area contributed by atoms with Gasteiger partial charge in [0.2, 0.25) is 0 Å². The van der Waals surface area contributed by atoms with Crippen LogP contribution in [0.15, 0.2) is 54.9 Å². The van der Waals surface area contributed by atoms with E-state index in [1.807, 2.05) is 25.9 Å². The zero-order valence-corrected chi connectivity index (χ0v) is 20.8. The number of halogens is 1. The minimum atomic E-state index is -0.353. The number of rotatable bonds is 9. The van der Waals surface area contributed by atoms with Crippen molar-refractivity contribution < 1.29 is 19.0 Å². The molecule has 0 aliphatic carbocycles. The molecule has 0 saturated heterocycles. The number of hydrogen-bond donors (Lipinski definition) is 2. The first kappa shape index (κ1) is 25.3. The van der Waals surface area contributed by atoms with Crippen molar-refractivity contribution in [2.75, 3.05) is 34.3 Å². The molecule has 2 aromatic heterocycles. The highest BCUT2D eigenvalue weighted by atomic mass is 19.1. The summed E-state index contributed by atoms with van der Waals surface area (Å²) in [5.74, 6) is -0.0313. The number of H-pyrrole nitrogens is 1. The third kappa shape index (κ3) is 5.07. The number of likely N-dealkylation sites (N-methyl/N-ethyl adjacent to an activating group) is 2. The van der Waals surface area contributed by atoms with Crippen molar-refractivity contribution in [2.24, 2.45) is 0 Å². The van der Waals surface area contributed by atoms with Gasteiger partial charge in [0, 0.05) is 41.9 Å². The van der Waals surface area contributed by atoms with E-state index >= 15 is 0 Å². The largest absolute Gasteiger partial charge is 0.493 e. The molecule has 2 N–H and O–H groups in total. The average molecular weight is 492 g/mol. The molecule has 0 spiro atoms. The molecule has 9 heteroatoms. The van der Waals surface area contributed by atoms with Gasteiger partial charge in [-0.25, -0.2) is 4.39 Å². The molecular formula is C27H30FN5O3. The third-order valence-electron chi connectivity index (χ3n) is 6.10. The Morgan fingerprint density at radius 3 is 2.67 bits per heavy atom. The molecule has 0 fully saturated rings. The summed E-state index contributed by atoms with van der Waals surface area (Å²) < 4.78 is 19.7. The molecule has 188 valence electrons. The van der Waals surface area contributed by atoms with Gasteiger partial charge in [0.25, 0.3) is 5.91 Å². The Balaban J connectivity index is 1.72. The van der Waals surface area contributed by atoms with Crippen molar-refractivity contribution >= 4 is 16.8 Å². The molecule has 4 rings (SSSR count). The van der Waals surface area contributed by atoms with Crippen LogP contribution in [-0.2, 0) is 6.61 Å². The molecular weight excluding hydrogens is 461 g/mol. The number of aromatic nitrogens is 3. The number of ether oxygens (including phenoxy) is 1. The molecule has 1 amide bonds. The Kier molecular flexibility index (Phi) is 7.61. The molecule has 0 aliphatic rings. The predicted molar refractivity (Wildman–Crippen MR) is 136 cm³/mol. The minimum Gasteiger partial charge on any atom is -0.493 e. The molecule has 2 heterocycles. The standard InChI is InChI=1S/C27H30FN5O3/c1-5-36-25-12-18(9-10-20(25)17-7-6-8-19(28)11-17)27(35)33(4)24(15-32(2)3)22-13-29-23(16-34)21-14-30-31-26(21)22/h6-14,24,34H,5,15-16H2,1-4H3,(H,30,31)/t24-/m1/s1. The summed E-state index contributed by atoms with van der Waals surface area (Å²) in [5, 5.41) is 17.5. The smallest absolute Gasteiger partial charge is 0.254 e. The number of pyridine rings is 1. The summed E-state index contributed by atoms with van der Waals surface area (Å²) in [5.41, 5.74) is 3.89. The Bertz CT molecular complexity index is 1370. The van der Waals surface area contributed by atoms with Gasteiger partial charge in [-0.3, -0.25) is 14.9 Å². The minimum absolute atomic E-state index is 0.201. The molecule has 0 saturated carbocycles. The van der Waals surface area contributed by atoms with E-state index in [1.165, 1.54) is 12.1 Å². The zero-order valence-electron chi connectivity index (χ0n) is 20.8. The molecule has 4 aromatic rings. The third-order valence-corrected chi connectivity index (χ3v) is 6.10. The second-order valence-corrected chi connectivity index (χ2v) is 8.83. The average Bonchev–Trinajstić information content (AvgIpc) is 3.36. The molecule has 36 heavy (non-hydrogen) atoms. The highest BCUT2D eigenvalue weighted by Gasteiger charge is 2.27. The topological polar surface area (TPSA) is 94.6 Å². The van der Waals surface area contributed by atoms with Gasteiger partial charge in [0.1, 0.15) is 11.6 Å². The van der Waals surface area contributed by atoms with E-state index in [9.17, 15) is 14.3 Å². The number of nitrogens with zero attached hydrogens (tertiary/aromatic N) is 4. The molecule has 1 atom stereocenters. The number of hydrogen-bond acceptors (Lipinski definition) is 6. The molecule has 0 unspecified atom stereocenters. The quantitative estimate of drug-likeness (QED) is 0.367. The first-order valence-corrected chi connectivity index (χ1v) is 11.7. The van der Waals surface area contributed by atoms with E-state index in [0.717, 1.165) is 16.5 Å². The number of fused-ring (bicyclic) bond motifs is 1. The van der Waals surface area contributed by atoms with Gasteiger partial charge in [0.05, 0.1) is 36.7 Å². The van der Waals surface area contributed by atoms with Crippen LogP contribution in [0.2, 0.25) is 0 Å². The molecule has 8 nitrogen and oxygen atoms in total. The van der Waals surface area contributed by atoms with Crippen molar-refractivity contribution in [3.8, 4) is 16.9 Å². The lowest BCUT2D eigenvalue weighted by Crippen LogP contribution is -2.37. The number of carbonyl (C=O) groups excluding carboxylic acids is 1. The summed E-state index contributed by atoms with van der Waals surface area (Å²) in [7, 11) is 5.62. The van der Waals surface area contributed by atoms with Gasteiger partial charge in [0.15, 0.2) is 0 Å². The monoisotopic (exact) mass is 491 g/mol. The number of amides is 1. The molecule has 2 aromatic carbocycles. The van der Waals surface area contributed by atoms with Gasteiger partial charge < -0.3 is 19.6 Å². The Morgan fingerprint density at radius 2 is 1.97 bits per heavy atom.